The Balaban J connectivity index is 2.23. The van der Waals surface area contributed by atoms with Gasteiger partial charge in [-0.2, -0.15) is 5.26 Å². The minimum absolute atomic E-state index is 0.0221. The molecule has 1 amide bonds. The number of hydrogen-bond acceptors (Lipinski definition) is 5. The standard InChI is InChI=1S/C20H21BrN2O4/c1-4-13(2)27-19-17(21)9-14(10-18(19)25-3)8-15(11-22)20(24)23-12-16-6-5-7-26-16/h5-10,13H,4,12H2,1-3H3,(H,23,24)/b15-8+/t13-/m1/s1. The Labute approximate surface area is 166 Å². The van der Waals surface area contributed by atoms with Crippen molar-refractivity contribution in [1.82, 2.24) is 5.32 Å². The molecule has 6 nitrogen and oxygen atoms in total. The van der Waals surface area contributed by atoms with Gasteiger partial charge in [-0.1, -0.05) is 6.92 Å². The van der Waals surface area contributed by atoms with Gasteiger partial charge in [0, 0.05) is 0 Å². The summed E-state index contributed by atoms with van der Waals surface area (Å²) in [5.41, 5.74) is 0.617. The zero-order valence-electron chi connectivity index (χ0n) is 15.4. The van der Waals surface area contributed by atoms with Crippen LogP contribution < -0.4 is 14.8 Å². The van der Waals surface area contributed by atoms with E-state index in [4.69, 9.17) is 13.9 Å². The maximum Gasteiger partial charge on any atom is 0.262 e. The highest BCUT2D eigenvalue weighted by Gasteiger charge is 2.15. The largest absolute Gasteiger partial charge is 0.493 e. The molecule has 0 aliphatic rings. The summed E-state index contributed by atoms with van der Waals surface area (Å²) in [7, 11) is 1.54. The molecule has 0 bridgehead atoms. The number of hydrogen-bond donors (Lipinski definition) is 1. The van der Waals surface area contributed by atoms with Gasteiger partial charge in [0.15, 0.2) is 11.5 Å². The zero-order chi connectivity index (χ0) is 19.8. The van der Waals surface area contributed by atoms with Crippen molar-refractivity contribution in [2.45, 2.75) is 32.9 Å². The fraction of sp³-hybridized carbons (Fsp3) is 0.300. The molecule has 7 heteroatoms. The van der Waals surface area contributed by atoms with Crippen LogP contribution in [0.15, 0.2) is 45.0 Å². The first kappa shape index (κ1) is 20.6. The molecule has 0 unspecified atom stereocenters. The van der Waals surface area contributed by atoms with Crippen LogP contribution in [0.25, 0.3) is 6.08 Å². The lowest BCUT2D eigenvalue weighted by Crippen LogP contribution is -2.23. The number of furan rings is 1. The topological polar surface area (TPSA) is 84.5 Å². The number of nitrogens with zero attached hydrogens (tertiary/aromatic N) is 1. The van der Waals surface area contributed by atoms with Crippen LogP contribution in [0, 0.1) is 11.3 Å². The van der Waals surface area contributed by atoms with Gasteiger partial charge < -0.3 is 19.2 Å². The Morgan fingerprint density at radius 2 is 2.26 bits per heavy atom. The molecule has 2 rings (SSSR count). The van der Waals surface area contributed by atoms with E-state index in [-0.39, 0.29) is 18.2 Å². The molecular weight excluding hydrogens is 412 g/mol. The van der Waals surface area contributed by atoms with E-state index >= 15 is 0 Å². The average molecular weight is 433 g/mol. The normalized spacial score (nSPS) is 12.2. The second-order valence-electron chi connectivity index (χ2n) is 5.80. The van der Waals surface area contributed by atoms with Crippen LogP contribution in [-0.4, -0.2) is 19.1 Å². The smallest absolute Gasteiger partial charge is 0.262 e. The number of nitriles is 1. The van der Waals surface area contributed by atoms with Gasteiger partial charge >= 0.3 is 0 Å². The zero-order valence-corrected chi connectivity index (χ0v) is 17.0. The summed E-state index contributed by atoms with van der Waals surface area (Å²) in [5, 5.41) is 12.0. The van der Waals surface area contributed by atoms with Gasteiger partial charge in [-0.3, -0.25) is 4.79 Å². The fourth-order valence-electron chi connectivity index (χ4n) is 2.21. The number of carbonyl (C=O) groups is 1. The number of benzene rings is 1. The summed E-state index contributed by atoms with van der Waals surface area (Å²) in [6, 6.07) is 8.90. The number of nitrogens with one attached hydrogen (secondary N) is 1. The van der Waals surface area contributed by atoms with Crippen molar-refractivity contribution in [2.24, 2.45) is 0 Å². The number of methoxy groups -OCH3 is 1. The first-order valence-corrected chi connectivity index (χ1v) is 9.24. The van der Waals surface area contributed by atoms with Crippen LogP contribution in [0.1, 0.15) is 31.6 Å². The molecule has 1 heterocycles. The number of halogens is 1. The van der Waals surface area contributed by atoms with Crippen molar-refractivity contribution in [3.05, 3.63) is 51.9 Å². The summed E-state index contributed by atoms with van der Waals surface area (Å²) >= 11 is 3.47. The molecule has 0 aliphatic heterocycles. The Hall–Kier alpha value is -2.72. The van der Waals surface area contributed by atoms with Gasteiger partial charge in [0.05, 0.1) is 30.5 Å². The highest BCUT2D eigenvalue weighted by molar-refractivity contribution is 9.10. The quantitative estimate of drug-likeness (QED) is 0.491. The van der Waals surface area contributed by atoms with Crippen LogP contribution in [-0.2, 0) is 11.3 Å². The summed E-state index contributed by atoms with van der Waals surface area (Å²) in [4.78, 5) is 12.3. The van der Waals surface area contributed by atoms with Gasteiger partial charge in [0.2, 0.25) is 0 Å². The monoisotopic (exact) mass is 432 g/mol. The van der Waals surface area contributed by atoms with E-state index in [1.54, 1.807) is 31.4 Å². The van der Waals surface area contributed by atoms with E-state index in [1.807, 2.05) is 19.9 Å². The number of rotatable bonds is 8. The van der Waals surface area contributed by atoms with Crippen LogP contribution in [0.4, 0.5) is 0 Å². The highest BCUT2D eigenvalue weighted by Crippen LogP contribution is 2.38. The molecular formula is C20H21BrN2O4. The maximum atomic E-state index is 12.3. The molecule has 0 radical (unpaired) electrons. The minimum atomic E-state index is -0.482. The molecule has 0 aliphatic carbocycles. The third-order valence-corrected chi connectivity index (χ3v) is 4.41. The van der Waals surface area contributed by atoms with Crippen LogP contribution in [0.3, 0.4) is 0 Å². The van der Waals surface area contributed by atoms with Gasteiger partial charge in [0.25, 0.3) is 5.91 Å². The second kappa shape index (κ2) is 9.83. The SMILES string of the molecule is CC[C@@H](C)Oc1c(Br)cc(/C=C(\C#N)C(=O)NCc2ccco2)cc1OC. The summed E-state index contributed by atoms with van der Waals surface area (Å²) < 4.78 is 17.1. The fourth-order valence-corrected chi connectivity index (χ4v) is 2.77. The van der Waals surface area contributed by atoms with Crippen molar-refractivity contribution in [2.75, 3.05) is 7.11 Å². The first-order chi connectivity index (χ1) is 13.0. The van der Waals surface area contributed by atoms with Crippen molar-refractivity contribution >= 4 is 27.9 Å². The number of amides is 1. The van der Waals surface area contributed by atoms with E-state index < -0.39 is 5.91 Å². The molecule has 142 valence electrons. The van der Waals surface area contributed by atoms with E-state index in [2.05, 4.69) is 21.2 Å². The van der Waals surface area contributed by atoms with Gasteiger partial charge in [-0.05, 0) is 65.2 Å². The van der Waals surface area contributed by atoms with Gasteiger partial charge in [0.1, 0.15) is 17.4 Å². The second-order valence-corrected chi connectivity index (χ2v) is 6.66. The molecule has 1 aromatic heterocycles. The number of carbonyl (C=O) groups excluding carboxylic acids is 1. The number of ether oxygens (including phenoxy) is 2. The van der Waals surface area contributed by atoms with Crippen molar-refractivity contribution in [3.63, 3.8) is 0 Å². The van der Waals surface area contributed by atoms with Crippen LogP contribution in [0.5, 0.6) is 11.5 Å². The molecule has 2 aromatic rings. The lowest BCUT2D eigenvalue weighted by Gasteiger charge is -2.17. The lowest BCUT2D eigenvalue weighted by molar-refractivity contribution is -0.117. The Morgan fingerprint density at radius 3 is 2.85 bits per heavy atom. The summed E-state index contributed by atoms with van der Waals surface area (Å²) in [6.07, 6.45) is 3.90. The predicted molar refractivity (Wildman–Crippen MR) is 105 cm³/mol. The van der Waals surface area contributed by atoms with E-state index in [9.17, 15) is 10.1 Å². The van der Waals surface area contributed by atoms with Gasteiger partial charge in [-0.25, -0.2) is 0 Å². The molecule has 1 atom stereocenters. The van der Waals surface area contributed by atoms with Gasteiger partial charge in [-0.15, -0.1) is 0 Å². The highest BCUT2D eigenvalue weighted by atomic mass is 79.9. The molecule has 0 fully saturated rings. The van der Waals surface area contributed by atoms with Crippen LogP contribution in [0.2, 0.25) is 0 Å². The molecule has 1 N–H and O–H groups in total. The maximum absolute atomic E-state index is 12.3. The molecule has 0 saturated heterocycles. The molecule has 0 spiro atoms. The Bertz CT molecular complexity index is 854. The third-order valence-electron chi connectivity index (χ3n) is 3.83. The summed E-state index contributed by atoms with van der Waals surface area (Å²) in [5.74, 6) is 1.23. The van der Waals surface area contributed by atoms with Crippen molar-refractivity contribution in [3.8, 4) is 17.6 Å². The third kappa shape index (κ3) is 5.63. The van der Waals surface area contributed by atoms with E-state index in [0.717, 1.165) is 6.42 Å². The Kier molecular flexibility index (Phi) is 7.50. The molecule has 0 saturated carbocycles. The lowest BCUT2D eigenvalue weighted by atomic mass is 10.1. The first-order valence-electron chi connectivity index (χ1n) is 8.45. The van der Waals surface area contributed by atoms with E-state index in [1.165, 1.54) is 12.3 Å². The van der Waals surface area contributed by atoms with Crippen molar-refractivity contribution < 1.29 is 18.7 Å². The molecule has 1 aromatic carbocycles. The average Bonchev–Trinajstić information content (AvgIpc) is 3.19. The Morgan fingerprint density at radius 1 is 1.48 bits per heavy atom. The molecule has 27 heavy (non-hydrogen) atoms. The predicted octanol–water partition coefficient (Wildman–Crippen LogP) is 4.45. The minimum Gasteiger partial charge on any atom is -0.493 e. The summed E-state index contributed by atoms with van der Waals surface area (Å²) in [6.45, 7) is 4.21. The van der Waals surface area contributed by atoms with E-state index in [0.29, 0.717) is 27.3 Å². The van der Waals surface area contributed by atoms with Crippen molar-refractivity contribution in [1.29, 1.82) is 5.26 Å². The van der Waals surface area contributed by atoms with Crippen LogP contribution >= 0.6 is 15.9 Å².